The van der Waals surface area contributed by atoms with Crippen LogP contribution in [0.1, 0.15) is 10.4 Å². The van der Waals surface area contributed by atoms with Crippen molar-refractivity contribution < 1.29 is 4.79 Å². The van der Waals surface area contributed by atoms with Crippen molar-refractivity contribution in [3.63, 3.8) is 0 Å². The molecule has 0 spiro atoms. The highest BCUT2D eigenvalue weighted by Gasteiger charge is 2.17. The van der Waals surface area contributed by atoms with Crippen LogP contribution in [0.25, 0.3) is 10.1 Å². The van der Waals surface area contributed by atoms with Crippen molar-refractivity contribution in [1.82, 2.24) is 10.2 Å². The molecule has 0 atom stereocenters. The van der Waals surface area contributed by atoms with Gasteiger partial charge in [0.25, 0.3) is 5.91 Å². The number of hydrogen-bond donors (Lipinski definition) is 1. The summed E-state index contributed by atoms with van der Waals surface area (Å²) in [6.45, 7) is 3.40. The van der Waals surface area contributed by atoms with Crippen LogP contribution < -0.4 is 5.32 Å². The molecule has 0 saturated carbocycles. The van der Waals surface area contributed by atoms with Gasteiger partial charge in [-0.05, 0) is 35.0 Å². The first-order chi connectivity index (χ1) is 8.34. The lowest BCUT2D eigenvalue weighted by Gasteiger charge is -2.27. The Balaban J connectivity index is 0.00000120. The molecule has 1 aliphatic heterocycles. The van der Waals surface area contributed by atoms with E-state index in [1.165, 1.54) is 4.70 Å². The highest BCUT2D eigenvalue weighted by molar-refractivity contribution is 7.17. The molecule has 2 heterocycles. The highest BCUT2D eigenvalue weighted by Crippen LogP contribution is 2.22. The molecule has 18 heavy (non-hydrogen) atoms. The molecule has 1 saturated heterocycles. The predicted molar refractivity (Wildman–Crippen MR) is 77.8 cm³/mol. The fraction of sp³-hybridized carbons (Fsp3) is 0.308. The summed E-state index contributed by atoms with van der Waals surface area (Å²) in [5.74, 6) is 0.152. The van der Waals surface area contributed by atoms with Crippen LogP contribution in [0.3, 0.4) is 0 Å². The van der Waals surface area contributed by atoms with Gasteiger partial charge >= 0.3 is 0 Å². The second-order valence-electron chi connectivity index (χ2n) is 4.22. The minimum Gasteiger partial charge on any atom is -0.336 e. The molecule has 0 unspecified atom stereocenters. The molecule has 1 fully saturated rings. The largest absolute Gasteiger partial charge is 0.336 e. The molecule has 96 valence electrons. The van der Waals surface area contributed by atoms with Crippen LogP contribution in [-0.4, -0.2) is 37.0 Å². The third-order valence-electron chi connectivity index (χ3n) is 3.10. The van der Waals surface area contributed by atoms with E-state index in [9.17, 15) is 4.79 Å². The van der Waals surface area contributed by atoms with E-state index in [0.717, 1.165) is 37.1 Å². The van der Waals surface area contributed by atoms with Crippen LogP contribution in [0.2, 0.25) is 0 Å². The first-order valence-electron chi connectivity index (χ1n) is 5.82. The molecule has 2 aromatic rings. The van der Waals surface area contributed by atoms with Gasteiger partial charge in [0, 0.05) is 36.4 Å². The Morgan fingerprint density at radius 3 is 2.78 bits per heavy atom. The highest BCUT2D eigenvalue weighted by atomic mass is 35.5. The molecule has 3 rings (SSSR count). The maximum absolute atomic E-state index is 12.3. The van der Waals surface area contributed by atoms with Crippen molar-refractivity contribution in [1.29, 1.82) is 0 Å². The molecule has 1 aromatic carbocycles. The second-order valence-corrected chi connectivity index (χ2v) is 5.16. The normalized spacial score (nSPS) is 15.4. The Kier molecular flexibility index (Phi) is 4.22. The zero-order chi connectivity index (χ0) is 11.7. The molecule has 0 aliphatic carbocycles. The van der Waals surface area contributed by atoms with Gasteiger partial charge in [-0.15, -0.1) is 23.7 Å². The number of hydrogen-bond acceptors (Lipinski definition) is 3. The number of carbonyl (C=O) groups is 1. The number of nitrogens with zero attached hydrogens (tertiary/aromatic N) is 1. The minimum absolute atomic E-state index is 0. The first-order valence-corrected chi connectivity index (χ1v) is 6.70. The van der Waals surface area contributed by atoms with Gasteiger partial charge in [-0.2, -0.15) is 0 Å². The number of thiophene rings is 1. The Labute approximate surface area is 116 Å². The quantitative estimate of drug-likeness (QED) is 0.871. The Hall–Kier alpha value is -1.10. The lowest BCUT2D eigenvalue weighted by atomic mass is 10.1. The third-order valence-corrected chi connectivity index (χ3v) is 4.00. The lowest BCUT2D eigenvalue weighted by Crippen LogP contribution is -2.46. The number of rotatable bonds is 1. The molecule has 1 amide bonds. The Bertz CT molecular complexity index is 549. The average molecular weight is 283 g/mol. The summed E-state index contributed by atoms with van der Waals surface area (Å²) in [7, 11) is 0. The van der Waals surface area contributed by atoms with Gasteiger partial charge in [-0.1, -0.05) is 0 Å². The van der Waals surface area contributed by atoms with E-state index in [1.807, 2.05) is 23.1 Å². The Morgan fingerprint density at radius 2 is 2.00 bits per heavy atom. The van der Waals surface area contributed by atoms with Crippen molar-refractivity contribution >= 4 is 39.7 Å². The average Bonchev–Trinajstić information content (AvgIpc) is 2.86. The lowest BCUT2D eigenvalue weighted by molar-refractivity contribution is 0.0736. The van der Waals surface area contributed by atoms with Crippen molar-refractivity contribution in [2.75, 3.05) is 26.2 Å². The third kappa shape index (κ3) is 2.51. The monoisotopic (exact) mass is 282 g/mol. The van der Waals surface area contributed by atoms with E-state index >= 15 is 0 Å². The van der Waals surface area contributed by atoms with Crippen LogP contribution in [0, 0.1) is 0 Å². The molecule has 5 heteroatoms. The summed E-state index contributed by atoms with van der Waals surface area (Å²) in [6, 6.07) is 8.03. The summed E-state index contributed by atoms with van der Waals surface area (Å²) >= 11 is 1.71. The van der Waals surface area contributed by atoms with Crippen LogP contribution in [-0.2, 0) is 0 Å². The molecule has 1 aromatic heterocycles. The number of carbonyl (C=O) groups excluding carboxylic acids is 1. The molecule has 0 bridgehead atoms. The van der Waals surface area contributed by atoms with Gasteiger partial charge in [-0.3, -0.25) is 4.79 Å². The smallest absolute Gasteiger partial charge is 0.253 e. The van der Waals surface area contributed by atoms with E-state index < -0.39 is 0 Å². The van der Waals surface area contributed by atoms with E-state index in [4.69, 9.17) is 0 Å². The SMILES string of the molecule is Cl.O=C(c1ccc2sccc2c1)N1CCNCC1. The number of halogens is 1. The van der Waals surface area contributed by atoms with Gasteiger partial charge in [0.2, 0.25) is 0 Å². The number of fused-ring (bicyclic) bond motifs is 1. The van der Waals surface area contributed by atoms with Gasteiger partial charge in [0.15, 0.2) is 0 Å². The summed E-state index contributed by atoms with van der Waals surface area (Å²) in [4.78, 5) is 14.2. The molecule has 1 aliphatic rings. The first kappa shape index (κ1) is 13.3. The van der Waals surface area contributed by atoms with E-state index in [1.54, 1.807) is 11.3 Å². The summed E-state index contributed by atoms with van der Waals surface area (Å²) in [5, 5.41) is 6.48. The van der Waals surface area contributed by atoms with Crippen LogP contribution in [0.15, 0.2) is 29.6 Å². The van der Waals surface area contributed by atoms with Gasteiger partial charge in [0.1, 0.15) is 0 Å². The molecule has 1 N–H and O–H groups in total. The molecule has 3 nitrogen and oxygen atoms in total. The standard InChI is InChI=1S/C13H14N2OS.ClH/c16-13(15-6-4-14-5-7-15)11-1-2-12-10(9-11)3-8-17-12;/h1-3,8-9,14H,4-7H2;1H. The minimum atomic E-state index is 0. The van der Waals surface area contributed by atoms with Crippen molar-refractivity contribution in [2.24, 2.45) is 0 Å². The van der Waals surface area contributed by atoms with Crippen molar-refractivity contribution in [3.8, 4) is 0 Å². The van der Waals surface area contributed by atoms with Crippen LogP contribution >= 0.6 is 23.7 Å². The maximum atomic E-state index is 12.3. The zero-order valence-electron chi connectivity index (χ0n) is 9.89. The van der Waals surface area contributed by atoms with Crippen LogP contribution in [0.4, 0.5) is 0 Å². The number of nitrogens with one attached hydrogen (secondary N) is 1. The van der Waals surface area contributed by atoms with E-state index in [-0.39, 0.29) is 18.3 Å². The number of piperazine rings is 1. The van der Waals surface area contributed by atoms with E-state index in [0.29, 0.717) is 0 Å². The second kappa shape index (κ2) is 5.69. The summed E-state index contributed by atoms with van der Waals surface area (Å²) in [5.41, 5.74) is 0.804. The van der Waals surface area contributed by atoms with Gasteiger partial charge in [0.05, 0.1) is 0 Å². The fourth-order valence-electron chi connectivity index (χ4n) is 2.15. The number of benzene rings is 1. The molecular formula is C13H15ClN2OS. The van der Waals surface area contributed by atoms with E-state index in [2.05, 4.69) is 16.8 Å². The van der Waals surface area contributed by atoms with Crippen LogP contribution in [0.5, 0.6) is 0 Å². The topological polar surface area (TPSA) is 32.3 Å². The summed E-state index contributed by atoms with van der Waals surface area (Å²) in [6.07, 6.45) is 0. The van der Waals surface area contributed by atoms with Crippen molar-refractivity contribution in [3.05, 3.63) is 35.2 Å². The molecular weight excluding hydrogens is 268 g/mol. The Morgan fingerprint density at radius 1 is 1.22 bits per heavy atom. The van der Waals surface area contributed by atoms with Crippen molar-refractivity contribution in [2.45, 2.75) is 0 Å². The maximum Gasteiger partial charge on any atom is 0.253 e. The summed E-state index contributed by atoms with van der Waals surface area (Å²) < 4.78 is 1.24. The molecule has 0 radical (unpaired) electrons. The predicted octanol–water partition coefficient (Wildman–Crippen LogP) is 2.37. The number of amides is 1. The van der Waals surface area contributed by atoms with Gasteiger partial charge < -0.3 is 10.2 Å². The zero-order valence-corrected chi connectivity index (χ0v) is 11.5. The fourth-order valence-corrected chi connectivity index (χ4v) is 2.92. The van der Waals surface area contributed by atoms with Gasteiger partial charge in [-0.25, -0.2) is 0 Å².